The van der Waals surface area contributed by atoms with Gasteiger partial charge in [-0.15, -0.1) is 0 Å². The van der Waals surface area contributed by atoms with E-state index in [2.05, 4.69) is 19.2 Å². The van der Waals surface area contributed by atoms with Crippen LogP contribution in [0.2, 0.25) is 0 Å². The van der Waals surface area contributed by atoms with E-state index in [9.17, 15) is 4.39 Å². The highest BCUT2D eigenvalue weighted by Gasteiger charge is 2.08. The summed E-state index contributed by atoms with van der Waals surface area (Å²) in [6, 6.07) is 7.72. The van der Waals surface area contributed by atoms with Gasteiger partial charge in [-0.2, -0.15) is 0 Å². The molecule has 0 spiro atoms. The van der Waals surface area contributed by atoms with Crippen LogP contribution >= 0.6 is 0 Å². The van der Waals surface area contributed by atoms with Crippen LogP contribution in [-0.4, -0.2) is 17.7 Å². The predicted octanol–water partition coefficient (Wildman–Crippen LogP) is 3.18. The van der Waals surface area contributed by atoms with E-state index in [4.69, 9.17) is 4.74 Å². The molecule has 108 valence electrons. The van der Waals surface area contributed by atoms with E-state index in [0.717, 1.165) is 6.54 Å². The lowest BCUT2D eigenvalue weighted by atomic mass is 10.2. The van der Waals surface area contributed by atoms with Crippen molar-refractivity contribution in [2.24, 2.45) is 0 Å². The number of ether oxygens (including phenoxy) is 1. The van der Waals surface area contributed by atoms with E-state index < -0.39 is 0 Å². The summed E-state index contributed by atoms with van der Waals surface area (Å²) in [4.78, 5) is 0. The highest BCUT2D eigenvalue weighted by atomic mass is 19.1. The lowest BCUT2D eigenvalue weighted by Gasteiger charge is -2.08. The molecule has 2 rings (SSSR count). The predicted molar refractivity (Wildman–Crippen MR) is 78.5 cm³/mol. The fourth-order valence-corrected chi connectivity index (χ4v) is 2.05. The molecular weight excluding hydrogens is 255 g/mol. The Morgan fingerprint density at radius 1 is 1.30 bits per heavy atom. The second-order valence-electron chi connectivity index (χ2n) is 5.16. The third-order valence-electron chi connectivity index (χ3n) is 3.14. The molecule has 0 radical (unpaired) electrons. The topological polar surface area (TPSA) is 26.2 Å². The number of aromatic nitrogens is 1. The number of rotatable bonds is 6. The number of nitrogens with one attached hydrogen (secondary N) is 1. The van der Waals surface area contributed by atoms with Gasteiger partial charge in [0, 0.05) is 30.5 Å². The monoisotopic (exact) mass is 276 g/mol. The second kappa shape index (κ2) is 6.57. The summed E-state index contributed by atoms with van der Waals surface area (Å²) in [5.74, 6) is 0.00177. The highest BCUT2D eigenvalue weighted by molar-refractivity contribution is 5.31. The van der Waals surface area contributed by atoms with Crippen LogP contribution in [0, 0.1) is 5.82 Å². The average Bonchev–Trinajstić information content (AvgIpc) is 2.86. The minimum Gasteiger partial charge on any atom is -0.494 e. The van der Waals surface area contributed by atoms with Crippen molar-refractivity contribution in [2.45, 2.75) is 33.0 Å². The van der Waals surface area contributed by atoms with Gasteiger partial charge in [-0.05, 0) is 17.7 Å². The highest BCUT2D eigenvalue weighted by Crippen LogP contribution is 2.20. The SMILES string of the molecule is COc1cccc(Cn2ccc(CNC(C)C)c2)c1F. The quantitative estimate of drug-likeness (QED) is 0.877. The van der Waals surface area contributed by atoms with Crippen molar-refractivity contribution in [3.8, 4) is 5.75 Å². The third-order valence-corrected chi connectivity index (χ3v) is 3.14. The Balaban J connectivity index is 2.07. The summed E-state index contributed by atoms with van der Waals surface area (Å²) in [6.45, 7) is 5.56. The zero-order valence-electron chi connectivity index (χ0n) is 12.2. The molecule has 1 aromatic heterocycles. The van der Waals surface area contributed by atoms with Crippen LogP contribution in [0.1, 0.15) is 25.0 Å². The van der Waals surface area contributed by atoms with Crippen molar-refractivity contribution < 1.29 is 9.13 Å². The molecule has 1 N–H and O–H groups in total. The third kappa shape index (κ3) is 3.61. The van der Waals surface area contributed by atoms with Gasteiger partial charge in [0.15, 0.2) is 11.6 Å². The molecule has 0 saturated carbocycles. The Morgan fingerprint density at radius 2 is 2.10 bits per heavy atom. The zero-order chi connectivity index (χ0) is 14.5. The Labute approximate surface area is 119 Å². The first-order chi connectivity index (χ1) is 9.60. The van der Waals surface area contributed by atoms with Crippen LogP contribution < -0.4 is 10.1 Å². The van der Waals surface area contributed by atoms with E-state index in [-0.39, 0.29) is 11.6 Å². The molecule has 0 aliphatic rings. The van der Waals surface area contributed by atoms with Crippen LogP contribution in [0.5, 0.6) is 5.75 Å². The van der Waals surface area contributed by atoms with Gasteiger partial charge >= 0.3 is 0 Å². The molecule has 1 heterocycles. The summed E-state index contributed by atoms with van der Waals surface area (Å²) in [7, 11) is 1.48. The molecule has 1 aromatic carbocycles. The number of methoxy groups -OCH3 is 1. The zero-order valence-corrected chi connectivity index (χ0v) is 12.2. The molecular formula is C16H21FN2O. The standard InChI is InChI=1S/C16H21FN2O/c1-12(2)18-9-13-7-8-19(10-13)11-14-5-4-6-15(20-3)16(14)17/h4-8,10,12,18H,9,11H2,1-3H3. The molecule has 20 heavy (non-hydrogen) atoms. The van der Waals surface area contributed by atoms with Gasteiger partial charge in [0.1, 0.15) is 0 Å². The van der Waals surface area contributed by atoms with Crippen molar-refractivity contribution in [3.63, 3.8) is 0 Å². The van der Waals surface area contributed by atoms with Gasteiger partial charge in [-0.25, -0.2) is 4.39 Å². The maximum Gasteiger partial charge on any atom is 0.170 e. The largest absolute Gasteiger partial charge is 0.494 e. The Morgan fingerprint density at radius 3 is 2.80 bits per heavy atom. The van der Waals surface area contributed by atoms with Crippen LogP contribution in [0.3, 0.4) is 0 Å². The number of nitrogens with zero attached hydrogens (tertiary/aromatic N) is 1. The van der Waals surface area contributed by atoms with Crippen molar-refractivity contribution in [1.29, 1.82) is 0 Å². The summed E-state index contributed by atoms with van der Waals surface area (Å²) in [5, 5.41) is 3.36. The molecule has 0 aliphatic carbocycles. The lowest BCUT2D eigenvalue weighted by molar-refractivity contribution is 0.383. The maximum absolute atomic E-state index is 14.1. The van der Waals surface area contributed by atoms with Gasteiger partial charge in [0.2, 0.25) is 0 Å². The molecule has 4 heteroatoms. The molecule has 0 fully saturated rings. The summed E-state index contributed by atoms with van der Waals surface area (Å²) in [6.07, 6.45) is 4.00. The van der Waals surface area contributed by atoms with Crippen molar-refractivity contribution in [3.05, 3.63) is 53.6 Å². The summed E-state index contributed by atoms with van der Waals surface area (Å²) >= 11 is 0. The van der Waals surface area contributed by atoms with E-state index in [1.807, 2.05) is 29.1 Å². The van der Waals surface area contributed by atoms with Crippen molar-refractivity contribution in [1.82, 2.24) is 9.88 Å². The fourth-order valence-electron chi connectivity index (χ4n) is 2.05. The first-order valence-corrected chi connectivity index (χ1v) is 6.79. The molecule has 0 bridgehead atoms. The Kier molecular flexibility index (Phi) is 4.79. The molecule has 0 unspecified atom stereocenters. The molecule has 0 aliphatic heterocycles. The number of halogens is 1. The van der Waals surface area contributed by atoms with E-state index >= 15 is 0 Å². The van der Waals surface area contributed by atoms with Gasteiger partial charge in [0.25, 0.3) is 0 Å². The number of hydrogen-bond donors (Lipinski definition) is 1. The fraction of sp³-hybridized carbons (Fsp3) is 0.375. The second-order valence-corrected chi connectivity index (χ2v) is 5.16. The van der Waals surface area contributed by atoms with Crippen molar-refractivity contribution >= 4 is 0 Å². The smallest absolute Gasteiger partial charge is 0.170 e. The first kappa shape index (κ1) is 14.6. The number of benzene rings is 1. The van der Waals surface area contributed by atoms with Crippen LogP contribution in [0.15, 0.2) is 36.7 Å². The Hall–Kier alpha value is -1.81. The molecule has 3 nitrogen and oxygen atoms in total. The minimum absolute atomic E-state index is 0.287. The summed E-state index contributed by atoms with van der Waals surface area (Å²) < 4.78 is 21.0. The van der Waals surface area contributed by atoms with E-state index in [1.54, 1.807) is 12.1 Å². The van der Waals surface area contributed by atoms with Crippen molar-refractivity contribution in [2.75, 3.05) is 7.11 Å². The number of hydrogen-bond acceptors (Lipinski definition) is 2. The molecule has 2 aromatic rings. The molecule has 0 saturated heterocycles. The minimum atomic E-state index is -0.287. The van der Waals surface area contributed by atoms with Crippen LogP contribution in [0.25, 0.3) is 0 Å². The van der Waals surface area contributed by atoms with Crippen LogP contribution in [0.4, 0.5) is 4.39 Å². The van der Waals surface area contributed by atoms with E-state index in [1.165, 1.54) is 12.7 Å². The Bertz CT molecular complexity index is 563. The van der Waals surface area contributed by atoms with Gasteiger partial charge in [-0.1, -0.05) is 26.0 Å². The molecule has 0 amide bonds. The lowest BCUT2D eigenvalue weighted by Crippen LogP contribution is -2.21. The van der Waals surface area contributed by atoms with Gasteiger partial charge < -0.3 is 14.6 Å². The molecule has 0 atom stereocenters. The van der Waals surface area contributed by atoms with Crippen LogP contribution in [-0.2, 0) is 13.1 Å². The first-order valence-electron chi connectivity index (χ1n) is 6.79. The average molecular weight is 276 g/mol. The summed E-state index contributed by atoms with van der Waals surface area (Å²) in [5.41, 5.74) is 1.82. The van der Waals surface area contributed by atoms with Gasteiger partial charge in [-0.3, -0.25) is 0 Å². The van der Waals surface area contributed by atoms with Gasteiger partial charge in [0.05, 0.1) is 13.7 Å². The van der Waals surface area contributed by atoms with E-state index in [0.29, 0.717) is 18.2 Å². The normalized spacial score (nSPS) is 11.1. The maximum atomic E-state index is 14.1.